The molecule has 0 heterocycles. The first kappa shape index (κ1) is 13.9. The molecule has 0 amide bonds. The van der Waals surface area contributed by atoms with Gasteiger partial charge in [0.2, 0.25) is 0 Å². The predicted molar refractivity (Wildman–Crippen MR) is 59.6 cm³/mol. The number of rotatable bonds is 9. The second-order valence-electron chi connectivity index (χ2n) is 4.06. The maximum absolute atomic E-state index is 5.52. The second-order valence-corrected chi connectivity index (χ2v) is 4.06. The number of ether oxygens (including phenoxy) is 2. The van der Waals surface area contributed by atoms with Gasteiger partial charge in [0.05, 0.1) is 19.3 Å². The summed E-state index contributed by atoms with van der Waals surface area (Å²) in [4.78, 5) is 0. The zero-order valence-electron chi connectivity index (χ0n) is 10.0. The second kappa shape index (κ2) is 9.44. The first-order chi connectivity index (χ1) is 6.66. The molecule has 1 unspecified atom stereocenters. The molecule has 0 aliphatic heterocycles. The third-order valence-electron chi connectivity index (χ3n) is 1.97. The average Bonchev–Trinajstić information content (AvgIpc) is 2.13. The Hall–Kier alpha value is -0.120. The minimum atomic E-state index is 0.324. The lowest BCUT2D eigenvalue weighted by Gasteiger charge is -2.13. The Morgan fingerprint density at radius 2 is 1.86 bits per heavy atom. The fourth-order valence-electron chi connectivity index (χ4n) is 1.11. The maximum atomic E-state index is 5.52. The van der Waals surface area contributed by atoms with Crippen LogP contribution in [0.2, 0.25) is 0 Å². The molecule has 0 bridgehead atoms. The van der Waals surface area contributed by atoms with Crippen molar-refractivity contribution in [2.24, 2.45) is 5.92 Å². The predicted octanol–water partition coefficient (Wildman–Crippen LogP) is 1.67. The van der Waals surface area contributed by atoms with E-state index in [0.29, 0.717) is 19.3 Å². The largest absolute Gasteiger partial charge is 0.382 e. The van der Waals surface area contributed by atoms with Crippen LogP contribution < -0.4 is 5.32 Å². The van der Waals surface area contributed by atoms with Crippen molar-refractivity contribution in [1.82, 2.24) is 5.32 Å². The number of nitrogens with one attached hydrogen (secondary N) is 1. The molecule has 3 nitrogen and oxygen atoms in total. The molecule has 0 radical (unpaired) electrons. The van der Waals surface area contributed by atoms with Crippen LogP contribution in [0, 0.1) is 5.92 Å². The molecular formula is C11H25NO2. The summed E-state index contributed by atoms with van der Waals surface area (Å²) in [6, 6.07) is 0. The van der Waals surface area contributed by atoms with Crippen LogP contribution in [0.5, 0.6) is 0 Å². The van der Waals surface area contributed by atoms with Gasteiger partial charge in [-0.05, 0) is 32.4 Å². The summed E-state index contributed by atoms with van der Waals surface area (Å²) >= 11 is 0. The Bertz CT molecular complexity index is 118. The first-order valence-corrected chi connectivity index (χ1v) is 5.48. The molecule has 0 fully saturated rings. The molecule has 0 aromatic heterocycles. The van der Waals surface area contributed by atoms with Crippen LogP contribution >= 0.6 is 0 Å². The van der Waals surface area contributed by atoms with E-state index in [4.69, 9.17) is 9.47 Å². The van der Waals surface area contributed by atoms with Crippen LogP contribution in [-0.2, 0) is 9.47 Å². The molecule has 14 heavy (non-hydrogen) atoms. The van der Waals surface area contributed by atoms with Crippen molar-refractivity contribution in [3.05, 3.63) is 0 Å². The van der Waals surface area contributed by atoms with Crippen molar-refractivity contribution in [1.29, 1.82) is 0 Å². The Kier molecular flexibility index (Phi) is 9.35. The van der Waals surface area contributed by atoms with Gasteiger partial charge in [0.1, 0.15) is 0 Å². The standard InChI is InChI=1S/C11H25NO2/c1-10(2)9-12-6-5-11(3)14-8-7-13-4/h10-12H,5-9H2,1-4H3. The number of hydrogen-bond acceptors (Lipinski definition) is 3. The van der Waals surface area contributed by atoms with E-state index in [1.807, 2.05) is 0 Å². The smallest absolute Gasteiger partial charge is 0.0703 e. The SMILES string of the molecule is COCCOC(C)CCNCC(C)C. The Balaban J connectivity index is 3.14. The molecule has 1 N–H and O–H groups in total. The molecule has 0 aliphatic carbocycles. The van der Waals surface area contributed by atoms with Gasteiger partial charge in [0.25, 0.3) is 0 Å². The number of methoxy groups -OCH3 is 1. The normalized spacial score (nSPS) is 13.5. The van der Waals surface area contributed by atoms with Gasteiger partial charge in [0.15, 0.2) is 0 Å². The van der Waals surface area contributed by atoms with Gasteiger partial charge < -0.3 is 14.8 Å². The van der Waals surface area contributed by atoms with Crippen LogP contribution in [0.25, 0.3) is 0 Å². The highest BCUT2D eigenvalue weighted by Gasteiger charge is 2.01. The van der Waals surface area contributed by atoms with E-state index in [9.17, 15) is 0 Å². The lowest BCUT2D eigenvalue weighted by atomic mass is 10.2. The van der Waals surface area contributed by atoms with Gasteiger partial charge in [-0.3, -0.25) is 0 Å². The molecule has 0 aromatic rings. The van der Waals surface area contributed by atoms with Crippen LogP contribution in [0.1, 0.15) is 27.2 Å². The molecule has 0 aliphatic rings. The Labute approximate surface area is 88.2 Å². The molecule has 1 atom stereocenters. The molecule has 0 aromatic carbocycles. The van der Waals surface area contributed by atoms with Crippen molar-refractivity contribution in [2.45, 2.75) is 33.3 Å². The fraction of sp³-hybridized carbons (Fsp3) is 1.00. The van der Waals surface area contributed by atoms with E-state index in [1.165, 1.54) is 0 Å². The molecule has 3 heteroatoms. The molecular weight excluding hydrogens is 178 g/mol. The highest BCUT2D eigenvalue weighted by molar-refractivity contribution is 4.56. The molecule has 0 spiro atoms. The van der Waals surface area contributed by atoms with Crippen molar-refractivity contribution >= 4 is 0 Å². The van der Waals surface area contributed by atoms with Crippen LogP contribution in [-0.4, -0.2) is 39.5 Å². The molecule has 0 saturated carbocycles. The maximum Gasteiger partial charge on any atom is 0.0703 e. The minimum absolute atomic E-state index is 0.324. The molecule has 0 rings (SSSR count). The molecule has 86 valence electrons. The van der Waals surface area contributed by atoms with Gasteiger partial charge >= 0.3 is 0 Å². The topological polar surface area (TPSA) is 30.5 Å². The van der Waals surface area contributed by atoms with Crippen molar-refractivity contribution < 1.29 is 9.47 Å². The highest BCUT2D eigenvalue weighted by atomic mass is 16.5. The summed E-state index contributed by atoms with van der Waals surface area (Å²) in [6.45, 7) is 10.0. The lowest BCUT2D eigenvalue weighted by Crippen LogP contribution is -2.24. The average molecular weight is 203 g/mol. The lowest BCUT2D eigenvalue weighted by molar-refractivity contribution is 0.0227. The first-order valence-electron chi connectivity index (χ1n) is 5.48. The summed E-state index contributed by atoms with van der Waals surface area (Å²) in [5, 5.41) is 3.39. The zero-order valence-corrected chi connectivity index (χ0v) is 10.0. The van der Waals surface area contributed by atoms with E-state index in [-0.39, 0.29) is 0 Å². The van der Waals surface area contributed by atoms with Gasteiger partial charge in [0, 0.05) is 7.11 Å². The van der Waals surface area contributed by atoms with Crippen LogP contribution in [0.15, 0.2) is 0 Å². The highest BCUT2D eigenvalue weighted by Crippen LogP contribution is 1.96. The summed E-state index contributed by atoms with van der Waals surface area (Å²) in [5.74, 6) is 0.722. The minimum Gasteiger partial charge on any atom is -0.382 e. The fourth-order valence-corrected chi connectivity index (χ4v) is 1.11. The van der Waals surface area contributed by atoms with Crippen LogP contribution in [0.4, 0.5) is 0 Å². The summed E-state index contributed by atoms with van der Waals surface area (Å²) < 4.78 is 10.4. The summed E-state index contributed by atoms with van der Waals surface area (Å²) in [6.07, 6.45) is 1.39. The van der Waals surface area contributed by atoms with Crippen molar-refractivity contribution in [3.63, 3.8) is 0 Å². The zero-order chi connectivity index (χ0) is 10.8. The van der Waals surface area contributed by atoms with Gasteiger partial charge in [-0.1, -0.05) is 13.8 Å². The van der Waals surface area contributed by atoms with Gasteiger partial charge in [-0.15, -0.1) is 0 Å². The quantitative estimate of drug-likeness (QED) is 0.578. The van der Waals surface area contributed by atoms with E-state index in [1.54, 1.807) is 7.11 Å². The van der Waals surface area contributed by atoms with Crippen molar-refractivity contribution in [3.8, 4) is 0 Å². The van der Waals surface area contributed by atoms with E-state index < -0.39 is 0 Å². The third kappa shape index (κ3) is 9.96. The third-order valence-corrected chi connectivity index (χ3v) is 1.97. The Morgan fingerprint density at radius 3 is 2.43 bits per heavy atom. The molecule has 0 saturated heterocycles. The number of hydrogen-bond donors (Lipinski definition) is 1. The van der Waals surface area contributed by atoms with Gasteiger partial charge in [-0.2, -0.15) is 0 Å². The summed E-state index contributed by atoms with van der Waals surface area (Å²) in [5.41, 5.74) is 0. The summed E-state index contributed by atoms with van der Waals surface area (Å²) in [7, 11) is 1.69. The van der Waals surface area contributed by atoms with E-state index in [2.05, 4.69) is 26.1 Å². The Morgan fingerprint density at radius 1 is 1.14 bits per heavy atom. The van der Waals surface area contributed by atoms with Crippen LogP contribution in [0.3, 0.4) is 0 Å². The monoisotopic (exact) mass is 203 g/mol. The van der Waals surface area contributed by atoms with Crippen molar-refractivity contribution in [2.75, 3.05) is 33.4 Å². The van der Waals surface area contributed by atoms with E-state index >= 15 is 0 Å². The van der Waals surface area contributed by atoms with Gasteiger partial charge in [-0.25, -0.2) is 0 Å². The van der Waals surface area contributed by atoms with E-state index in [0.717, 1.165) is 25.4 Å².